The first-order chi connectivity index (χ1) is 21.1. The molecule has 1 aliphatic carbocycles. The number of benzene rings is 1. The quantitative estimate of drug-likeness (QED) is 0.147. The molecule has 3 unspecified atom stereocenters. The maximum absolute atomic E-state index is 12.7. The minimum atomic E-state index is -1.92. The van der Waals surface area contributed by atoms with Crippen molar-refractivity contribution in [3.8, 4) is 5.69 Å². The van der Waals surface area contributed by atoms with E-state index in [1.165, 1.54) is 23.4 Å². The lowest BCUT2D eigenvalue weighted by molar-refractivity contribution is -0.278. The second kappa shape index (κ2) is 13.2. The number of hydrogen-bond donors (Lipinski definition) is 8. The monoisotopic (exact) mass is 613 g/mol. The van der Waals surface area contributed by atoms with Crippen LogP contribution in [-0.2, 0) is 14.3 Å². The lowest BCUT2D eigenvalue weighted by Crippen LogP contribution is -2.61. The number of rotatable bonds is 9. The molecule has 1 saturated heterocycles. The summed E-state index contributed by atoms with van der Waals surface area (Å²) < 4.78 is 10.1. The first kappa shape index (κ1) is 30.5. The van der Waals surface area contributed by atoms with Crippen LogP contribution in [0.25, 0.3) is 5.69 Å². The van der Waals surface area contributed by atoms with Crippen LogP contribution in [-0.4, -0.2) is 106 Å². The van der Waals surface area contributed by atoms with Gasteiger partial charge in [0, 0.05) is 17.9 Å². The maximum Gasteiger partial charge on any atom is 0.409 e. The van der Waals surface area contributed by atoms with Crippen molar-refractivity contribution < 1.29 is 44.3 Å². The molecule has 7 atom stereocenters. The summed E-state index contributed by atoms with van der Waals surface area (Å²) in [5.41, 5.74) is 6.83. The fourth-order valence-electron chi connectivity index (χ4n) is 5.00. The Kier molecular flexibility index (Phi) is 9.14. The summed E-state index contributed by atoms with van der Waals surface area (Å²) in [6.07, 6.45) is -3.45. The average molecular weight is 614 g/mol. The molecular weight excluding hydrogens is 582 g/mol. The smallest absolute Gasteiger partial charge is 0.409 e. The molecular formula is C26H31N9O9. The highest BCUT2D eigenvalue weighted by Gasteiger charge is 2.48. The van der Waals surface area contributed by atoms with E-state index in [4.69, 9.17) is 15.2 Å². The molecule has 2 aromatic heterocycles. The normalized spacial score (nSPS) is 26.8. The van der Waals surface area contributed by atoms with Crippen molar-refractivity contribution in [3.05, 3.63) is 48.4 Å². The molecule has 18 nitrogen and oxygen atoms in total. The standard InChI is InChI=1S/C26H31N9O9/c27-21(39)14-11-28-25(34-22(14)31-12-4-3-5-13(10-12)35-29-8-9-30-35)32-15-6-1-2-7-16(15)33-26(42)44-24-19(38)17(36)18(37)20(43-24)23(40)41/h3-5,8-11,15-20,24,36-38H,1-2,6-7H2,(H2,27,39)(H,33,42)(H,40,41)(H2,28,31,32,34)/t15-,16+,17+,18?,19?,20?,24-/m1/s1. The summed E-state index contributed by atoms with van der Waals surface area (Å²) >= 11 is 0. The number of ether oxygens (including phenoxy) is 2. The minimum absolute atomic E-state index is 0.0399. The van der Waals surface area contributed by atoms with Crippen molar-refractivity contribution in [2.24, 2.45) is 5.73 Å². The van der Waals surface area contributed by atoms with E-state index < -0.39 is 60.8 Å². The lowest BCUT2D eigenvalue weighted by atomic mass is 9.90. The van der Waals surface area contributed by atoms with Gasteiger partial charge in [-0.2, -0.15) is 20.0 Å². The summed E-state index contributed by atoms with van der Waals surface area (Å²) in [6.45, 7) is 0. The van der Waals surface area contributed by atoms with E-state index in [0.29, 0.717) is 24.2 Å². The van der Waals surface area contributed by atoms with Crippen LogP contribution >= 0.6 is 0 Å². The molecule has 0 bridgehead atoms. The van der Waals surface area contributed by atoms with Gasteiger partial charge in [0.2, 0.25) is 12.2 Å². The SMILES string of the molecule is NC(=O)c1cnc(N[C@@H]2CCCC[C@@H]2NC(=O)O[C@H]2OC(C(=O)O)C(O)[C@H](O)C2O)nc1Nc1cccc(-n2nccn2)c1. The fraction of sp³-hybridized carbons (Fsp3) is 0.423. The van der Waals surface area contributed by atoms with Gasteiger partial charge < -0.3 is 51.6 Å². The number of amides is 2. The second-order valence-corrected chi connectivity index (χ2v) is 10.2. The number of nitrogens with one attached hydrogen (secondary N) is 3. The zero-order valence-electron chi connectivity index (χ0n) is 23.1. The van der Waals surface area contributed by atoms with Crippen molar-refractivity contribution >= 4 is 35.4 Å². The highest BCUT2D eigenvalue weighted by atomic mass is 16.7. The van der Waals surface area contributed by atoms with Crippen LogP contribution in [0.5, 0.6) is 0 Å². The first-order valence-corrected chi connectivity index (χ1v) is 13.7. The van der Waals surface area contributed by atoms with Gasteiger partial charge in [-0.1, -0.05) is 18.9 Å². The summed E-state index contributed by atoms with van der Waals surface area (Å²) in [7, 11) is 0. The first-order valence-electron chi connectivity index (χ1n) is 13.7. The van der Waals surface area contributed by atoms with E-state index in [2.05, 4.69) is 36.1 Å². The van der Waals surface area contributed by atoms with Gasteiger partial charge in [-0.05, 0) is 31.0 Å². The van der Waals surface area contributed by atoms with E-state index in [1.54, 1.807) is 24.3 Å². The van der Waals surface area contributed by atoms with Crippen molar-refractivity contribution in [3.63, 3.8) is 0 Å². The Hall–Kier alpha value is -4.91. The van der Waals surface area contributed by atoms with E-state index in [9.17, 15) is 34.8 Å². The minimum Gasteiger partial charge on any atom is -0.479 e. The molecule has 2 aliphatic rings. The van der Waals surface area contributed by atoms with Crippen LogP contribution in [0.1, 0.15) is 36.0 Å². The number of hydrogen-bond acceptors (Lipinski definition) is 14. The number of carboxylic acid groups (broad SMARTS) is 1. The number of alkyl carbamates (subject to hydrolysis) is 1. The third kappa shape index (κ3) is 6.83. The Morgan fingerprint density at radius 1 is 1.02 bits per heavy atom. The number of aliphatic carboxylic acids is 1. The molecule has 2 amide bonds. The largest absolute Gasteiger partial charge is 0.479 e. The van der Waals surface area contributed by atoms with Gasteiger partial charge in [-0.15, -0.1) is 0 Å². The highest BCUT2D eigenvalue weighted by Crippen LogP contribution is 2.26. The molecule has 0 spiro atoms. The summed E-state index contributed by atoms with van der Waals surface area (Å²) in [4.78, 5) is 46.3. The van der Waals surface area contributed by atoms with Crippen LogP contribution in [0.15, 0.2) is 42.9 Å². The van der Waals surface area contributed by atoms with Gasteiger partial charge in [0.15, 0.2) is 6.10 Å². The number of carbonyl (C=O) groups excluding carboxylic acids is 2. The number of nitrogens with zero attached hydrogens (tertiary/aromatic N) is 5. The van der Waals surface area contributed by atoms with E-state index in [-0.39, 0.29) is 17.3 Å². The highest BCUT2D eigenvalue weighted by molar-refractivity contribution is 5.98. The molecule has 44 heavy (non-hydrogen) atoms. The zero-order chi connectivity index (χ0) is 31.4. The maximum atomic E-state index is 12.7. The number of aliphatic hydroxyl groups is 3. The molecule has 3 aromatic rings. The van der Waals surface area contributed by atoms with Crippen LogP contribution in [0.2, 0.25) is 0 Å². The van der Waals surface area contributed by atoms with Crippen LogP contribution in [0, 0.1) is 0 Å². The molecule has 1 saturated carbocycles. The Morgan fingerprint density at radius 2 is 1.75 bits per heavy atom. The number of carbonyl (C=O) groups is 3. The molecule has 9 N–H and O–H groups in total. The molecule has 1 aromatic carbocycles. The van der Waals surface area contributed by atoms with Crippen LogP contribution in [0.4, 0.5) is 22.2 Å². The van der Waals surface area contributed by atoms with E-state index >= 15 is 0 Å². The molecule has 5 rings (SSSR count). The van der Waals surface area contributed by atoms with Gasteiger partial charge in [-0.25, -0.2) is 14.6 Å². The predicted octanol–water partition coefficient (Wildman–Crippen LogP) is -0.759. The number of aromatic nitrogens is 5. The third-order valence-electron chi connectivity index (χ3n) is 7.23. The van der Waals surface area contributed by atoms with Crippen LogP contribution < -0.4 is 21.7 Å². The van der Waals surface area contributed by atoms with Crippen molar-refractivity contribution in [1.29, 1.82) is 0 Å². The lowest BCUT2D eigenvalue weighted by Gasteiger charge is -2.38. The Bertz CT molecular complexity index is 1490. The summed E-state index contributed by atoms with van der Waals surface area (Å²) in [5.74, 6) is -2.08. The number of carboxylic acids is 1. The van der Waals surface area contributed by atoms with Crippen molar-refractivity contribution in [1.82, 2.24) is 30.3 Å². The van der Waals surface area contributed by atoms with Gasteiger partial charge in [0.05, 0.1) is 24.1 Å². The van der Waals surface area contributed by atoms with Gasteiger partial charge in [0.25, 0.3) is 5.91 Å². The fourth-order valence-corrected chi connectivity index (χ4v) is 5.00. The number of primary amides is 1. The third-order valence-corrected chi connectivity index (χ3v) is 7.23. The van der Waals surface area contributed by atoms with Crippen molar-refractivity contribution in [2.75, 3.05) is 10.6 Å². The van der Waals surface area contributed by atoms with Crippen molar-refractivity contribution in [2.45, 2.75) is 68.5 Å². The number of nitrogens with two attached hydrogens (primary N) is 1. The van der Waals surface area contributed by atoms with Crippen LogP contribution in [0.3, 0.4) is 0 Å². The number of aliphatic hydroxyl groups excluding tert-OH is 3. The Morgan fingerprint density at radius 3 is 2.45 bits per heavy atom. The molecule has 18 heteroatoms. The van der Waals surface area contributed by atoms with E-state index in [0.717, 1.165) is 12.8 Å². The molecule has 0 radical (unpaired) electrons. The average Bonchev–Trinajstić information content (AvgIpc) is 3.54. The molecule has 234 valence electrons. The zero-order valence-corrected chi connectivity index (χ0v) is 23.1. The summed E-state index contributed by atoms with van der Waals surface area (Å²) in [5, 5.41) is 56.3. The predicted molar refractivity (Wildman–Crippen MR) is 149 cm³/mol. The van der Waals surface area contributed by atoms with Gasteiger partial charge >= 0.3 is 12.1 Å². The Balaban J connectivity index is 1.28. The molecule has 2 fully saturated rings. The summed E-state index contributed by atoms with van der Waals surface area (Å²) in [6, 6.07) is 6.16. The van der Waals surface area contributed by atoms with Gasteiger partial charge in [-0.3, -0.25) is 4.79 Å². The van der Waals surface area contributed by atoms with E-state index in [1.807, 2.05) is 0 Å². The molecule has 1 aliphatic heterocycles. The topological polar surface area (TPSA) is 269 Å². The Labute approximate surface area is 249 Å². The number of anilines is 3. The van der Waals surface area contributed by atoms with Gasteiger partial charge in [0.1, 0.15) is 29.7 Å². The molecule has 3 heterocycles. The second-order valence-electron chi connectivity index (χ2n) is 10.2.